The molecule has 21 heavy (non-hydrogen) atoms. The van der Waals surface area contributed by atoms with Crippen molar-refractivity contribution in [3.63, 3.8) is 0 Å². The van der Waals surface area contributed by atoms with E-state index in [2.05, 4.69) is 4.98 Å². The van der Waals surface area contributed by atoms with Gasteiger partial charge in [0.2, 0.25) is 0 Å². The minimum atomic E-state index is -4.35. The number of hydrogen-bond donors (Lipinski definition) is 4. The lowest BCUT2D eigenvalue weighted by Crippen LogP contribution is -2.36. The van der Waals surface area contributed by atoms with Gasteiger partial charge >= 0.3 is 13.3 Å². The number of H-pyrrole nitrogens is 1. The summed E-state index contributed by atoms with van der Waals surface area (Å²) in [6, 6.07) is 0. The average Bonchev–Trinajstić information content (AvgIpc) is 2.72. The van der Waals surface area contributed by atoms with Crippen LogP contribution in [-0.4, -0.2) is 43.2 Å². The van der Waals surface area contributed by atoms with Crippen LogP contribution < -0.4 is 11.2 Å². The number of ether oxygens (including phenoxy) is 2. The van der Waals surface area contributed by atoms with Crippen LogP contribution in [0.1, 0.15) is 18.2 Å². The second kappa shape index (κ2) is 5.84. The Morgan fingerprint density at radius 3 is 2.81 bits per heavy atom. The van der Waals surface area contributed by atoms with E-state index in [1.54, 1.807) is 0 Å². The third-order valence-electron chi connectivity index (χ3n) is 2.90. The Morgan fingerprint density at radius 2 is 2.19 bits per heavy atom. The van der Waals surface area contributed by atoms with Crippen LogP contribution in [0.25, 0.3) is 0 Å². The Morgan fingerprint density at radius 1 is 1.52 bits per heavy atom. The summed E-state index contributed by atoms with van der Waals surface area (Å²) >= 11 is 0. The number of aromatic nitrogens is 2. The number of nitrogens with one attached hydrogen (secondary N) is 1. The molecule has 4 N–H and O–H groups in total. The first-order valence-corrected chi connectivity index (χ1v) is 7.79. The number of hydrogen-bond acceptors (Lipinski definition) is 6. The highest BCUT2D eigenvalue weighted by Crippen LogP contribution is 2.37. The van der Waals surface area contributed by atoms with Gasteiger partial charge in [0.25, 0.3) is 5.56 Å². The molecule has 0 amide bonds. The van der Waals surface area contributed by atoms with Crippen LogP contribution in [0.2, 0.25) is 0 Å². The monoisotopic (exact) mass is 322 g/mol. The summed E-state index contributed by atoms with van der Waals surface area (Å²) in [4.78, 5) is 42.5. The Balaban J connectivity index is 2.15. The van der Waals surface area contributed by atoms with Crippen molar-refractivity contribution in [2.45, 2.75) is 32.0 Å². The molecule has 1 aromatic rings. The molecule has 1 aliphatic rings. The second-order valence-corrected chi connectivity index (χ2v) is 6.29. The van der Waals surface area contributed by atoms with Gasteiger partial charge in [-0.15, -0.1) is 0 Å². The summed E-state index contributed by atoms with van der Waals surface area (Å²) in [6.07, 6.45) is -2.95. The number of aromatic amines is 1. The first kappa shape index (κ1) is 16.1. The summed E-state index contributed by atoms with van der Waals surface area (Å²) < 4.78 is 21.8. The van der Waals surface area contributed by atoms with E-state index < -0.39 is 43.8 Å². The van der Waals surface area contributed by atoms with Gasteiger partial charge in [0.15, 0.2) is 18.9 Å². The maximum atomic E-state index is 11.7. The van der Waals surface area contributed by atoms with E-state index in [0.29, 0.717) is 0 Å². The van der Waals surface area contributed by atoms with E-state index in [4.69, 9.17) is 19.3 Å². The molecular weight excluding hydrogens is 307 g/mol. The molecule has 2 rings (SSSR count). The van der Waals surface area contributed by atoms with Crippen LogP contribution in [0.5, 0.6) is 0 Å². The van der Waals surface area contributed by atoms with Crippen LogP contribution in [0.3, 0.4) is 0 Å². The molecule has 1 saturated heterocycles. The molecule has 0 aromatic carbocycles. The van der Waals surface area contributed by atoms with Crippen LogP contribution in [-0.2, 0) is 14.0 Å². The van der Waals surface area contributed by atoms with Crippen molar-refractivity contribution in [2.24, 2.45) is 0 Å². The zero-order valence-electron chi connectivity index (χ0n) is 11.0. The number of aliphatic hydroxyl groups excluding tert-OH is 1. The van der Waals surface area contributed by atoms with Gasteiger partial charge in [-0.3, -0.25) is 18.9 Å². The van der Waals surface area contributed by atoms with E-state index in [1.165, 1.54) is 13.1 Å². The van der Waals surface area contributed by atoms with Gasteiger partial charge in [-0.05, 0) is 6.92 Å². The van der Waals surface area contributed by atoms with Gasteiger partial charge in [0.1, 0.15) is 6.10 Å². The molecule has 11 heteroatoms. The minimum Gasteiger partial charge on any atom is -0.388 e. The Kier molecular flexibility index (Phi) is 4.47. The van der Waals surface area contributed by atoms with Crippen molar-refractivity contribution < 1.29 is 28.9 Å². The molecular formula is C10H15N2O8P. The molecule has 10 nitrogen and oxygen atoms in total. The van der Waals surface area contributed by atoms with Crippen LogP contribution in [0.15, 0.2) is 15.8 Å². The first-order chi connectivity index (χ1) is 9.67. The summed E-state index contributed by atoms with van der Waals surface area (Å²) in [7, 11) is -4.35. The van der Waals surface area contributed by atoms with Crippen molar-refractivity contribution in [1.82, 2.24) is 9.55 Å². The fourth-order valence-corrected chi connectivity index (χ4v) is 2.29. The molecule has 1 aromatic heterocycles. The first-order valence-electron chi connectivity index (χ1n) is 5.99. The maximum Gasteiger partial charge on any atom is 0.351 e. The third-order valence-corrected chi connectivity index (χ3v) is 3.39. The maximum absolute atomic E-state index is 11.7. The molecule has 3 atom stereocenters. The smallest absolute Gasteiger partial charge is 0.351 e. The van der Waals surface area contributed by atoms with Gasteiger partial charge in [-0.2, -0.15) is 0 Å². The molecule has 0 bridgehead atoms. The molecule has 1 aliphatic heterocycles. The predicted molar refractivity (Wildman–Crippen MR) is 68.6 cm³/mol. The lowest BCUT2D eigenvalue weighted by atomic mass is 10.2. The molecule has 0 spiro atoms. The van der Waals surface area contributed by atoms with E-state index in [1.807, 2.05) is 0 Å². The Labute approximate surface area is 118 Å². The minimum absolute atomic E-state index is 0.0602. The molecule has 0 radical (unpaired) electrons. The van der Waals surface area contributed by atoms with Crippen molar-refractivity contribution in [2.75, 3.05) is 6.35 Å². The van der Waals surface area contributed by atoms with Crippen LogP contribution >= 0.6 is 7.60 Å². The molecule has 0 unspecified atom stereocenters. The molecule has 0 aliphatic carbocycles. The third kappa shape index (κ3) is 3.88. The van der Waals surface area contributed by atoms with Gasteiger partial charge < -0.3 is 24.4 Å². The SMILES string of the molecule is Cc1cn([C@@H]2O[C@H](OCP(=O)(O)O)C[C@@H]2O)c(=O)[nH]c1=O. The van der Waals surface area contributed by atoms with Crippen molar-refractivity contribution >= 4 is 7.60 Å². The van der Waals surface area contributed by atoms with Gasteiger partial charge in [0, 0.05) is 18.2 Å². The Hall–Kier alpha value is -1.29. The largest absolute Gasteiger partial charge is 0.388 e. The lowest BCUT2D eigenvalue weighted by molar-refractivity contribution is -0.147. The van der Waals surface area contributed by atoms with E-state index in [0.717, 1.165) is 4.57 Å². The standard InChI is InChI=1S/C10H15N2O8P/c1-5-3-12(10(15)11-8(5)14)9-6(13)2-7(20-9)19-4-21(16,17)18/h3,6-7,9,13H,2,4H2,1H3,(H,11,14,15)(H2,16,17,18)/t6-,7-,9+/m0/s1. The number of aryl methyl sites for hydroxylation is 1. The number of nitrogens with zero attached hydrogens (tertiary/aromatic N) is 1. The highest BCUT2D eigenvalue weighted by molar-refractivity contribution is 7.51. The second-order valence-electron chi connectivity index (χ2n) is 4.70. The average molecular weight is 322 g/mol. The molecule has 118 valence electrons. The zero-order valence-corrected chi connectivity index (χ0v) is 11.9. The quantitative estimate of drug-likeness (QED) is 0.494. The highest BCUT2D eigenvalue weighted by atomic mass is 31.2. The summed E-state index contributed by atoms with van der Waals surface area (Å²) in [5.41, 5.74) is -1.05. The number of aliphatic hydroxyl groups is 1. The van der Waals surface area contributed by atoms with Gasteiger partial charge in [0.05, 0.1) is 0 Å². The topological polar surface area (TPSA) is 151 Å². The van der Waals surface area contributed by atoms with Crippen molar-refractivity contribution in [3.05, 3.63) is 32.6 Å². The van der Waals surface area contributed by atoms with E-state index >= 15 is 0 Å². The highest BCUT2D eigenvalue weighted by Gasteiger charge is 2.37. The van der Waals surface area contributed by atoms with Crippen molar-refractivity contribution in [1.29, 1.82) is 0 Å². The van der Waals surface area contributed by atoms with Crippen LogP contribution in [0, 0.1) is 6.92 Å². The van der Waals surface area contributed by atoms with E-state index in [9.17, 15) is 19.3 Å². The van der Waals surface area contributed by atoms with Gasteiger partial charge in [-0.25, -0.2) is 4.79 Å². The fraction of sp³-hybridized carbons (Fsp3) is 0.600. The van der Waals surface area contributed by atoms with Crippen molar-refractivity contribution in [3.8, 4) is 0 Å². The lowest BCUT2D eigenvalue weighted by Gasteiger charge is -2.17. The number of rotatable bonds is 4. The summed E-state index contributed by atoms with van der Waals surface area (Å²) in [5.74, 6) is 0. The zero-order chi connectivity index (χ0) is 15.8. The van der Waals surface area contributed by atoms with Crippen LogP contribution in [0.4, 0.5) is 0 Å². The summed E-state index contributed by atoms with van der Waals surface area (Å²) in [5, 5.41) is 9.88. The predicted octanol–water partition coefficient (Wildman–Crippen LogP) is -1.40. The molecule has 2 heterocycles. The molecule has 1 fully saturated rings. The van der Waals surface area contributed by atoms with E-state index in [-0.39, 0.29) is 12.0 Å². The Bertz CT molecular complexity index is 676. The summed E-state index contributed by atoms with van der Waals surface area (Å²) in [6.45, 7) is 1.48. The van der Waals surface area contributed by atoms with Gasteiger partial charge in [-0.1, -0.05) is 0 Å². The normalized spacial score (nSPS) is 26.2. The fourth-order valence-electron chi connectivity index (χ4n) is 1.93. The molecule has 0 saturated carbocycles.